The highest BCUT2D eigenvalue weighted by Gasteiger charge is 2.14. The van der Waals surface area contributed by atoms with E-state index in [1.807, 2.05) is 12.1 Å². The SMILES string of the molecule is COc1cccc(CNCC2CCCCC2)c1OCCC(C)C. The first-order chi connectivity index (χ1) is 11.2. The lowest BCUT2D eigenvalue weighted by atomic mass is 9.89. The summed E-state index contributed by atoms with van der Waals surface area (Å²) >= 11 is 0. The predicted octanol–water partition coefficient (Wildman–Crippen LogP) is 4.79. The van der Waals surface area contributed by atoms with Crippen LogP contribution in [-0.2, 0) is 6.54 Å². The highest BCUT2D eigenvalue weighted by molar-refractivity contribution is 5.46. The topological polar surface area (TPSA) is 30.5 Å². The van der Waals surface area contributed by atoms with Crippen molar-refractivity contribution in [3.05, 3.63) is 23.8 Å². The van der Waals surface area contributed by atoms with Crippen molar-refractivity contribution in [2.24, 2.45) is 11.8 Å². The van der Waals surface area contributed by atoms with E-state index in [1.165, 1.54) is 37.7 Å². The minimum atomic E-state index is 0.651. The second-order valence-electron chi connectivity index (χ2n) is 7.11. The Bertz CT molecular complexity index is 453. The van der Waals surface area contributed by atoms with E-state index in [-0.39, 0.29) is 0 Å². The van der Waals surface area contributed by atoms with Gasteiger partial charge in [-0.1, -0.05) is 45.2 Å². The number of methoxy groups -OCH3 is 1. The molecule has 0 saturated heterocycles. The van der Waals surface area contributed by atoms with E-state index in [2.05, 4.69) is 25.2 Å². The molecule has 0 bridgehead atoms. The van der Waals surface area contributed by atoms with Crippen molar-refractivity contribution in [3.63, 3.8) is 0 Å². The lowest BCUT2D eigenvalue weighted by Gasteiger charge is -2.22. The Labute approximate surface area is 141 Å². The molecule has 0 unspecified atom stereocenters. The van der Waals surface area contributed by atoms with E-state index < -0.39 is 0 Å². The van der Waals surface area contributed by atoms with E-state index >= 15 is 0 Å². The zero-order chi connectivity index (χ0) is 16.5. The van der Waals surface area contributed by atoms with Crippen LogP contribution in [-0.4, -0.2) is 20.3 Å². The number of hydrogen-bond donors (Lipinski definition) is 1. The minimum Gasteiger partial charge on any atom is -0.493 e. The van der Waals surface area contributed by atoms with Gasteiger partial charge in [0.15, 0.2) is 11.5 Å². The van der Waals surface area contributed by atoms with Gasteiger partial charge in [-0.15, -0.1) is 0 Å². The molecule has 0 aliphatic heterocycles. The molecule has 3 nitrogen and oxygen atoms in total. The smallest absolute Gasteiger partial charge is 0.165 e. The average molecular weight is 319 g/mol. The second-order valence-corrected chi connectivity index (χ2v) is 7.11. The van der Waals surface area contributed by atoms with E-state index in [9.17, 15) is 0 Å². The van der Waals surface area contributed by atoms with Crippen LogP contribution in [0.3, 0.4) is 0 Å². The van der Waals surface area contributed by atoms with E-state index in [0.29, 0.717) is 5.92 Å². The highest BCUT2D eigenvalue weighted by atomic mass is 16.5. The zero-order valence-corrected chi connectivity index (χ0v) is 15.1. The molecule has 0 aromatic heterocycles. The number of benzene rings is 1. The van der Waals surface area contributed by atoms with Gasteiger partial charge >= 0.3 is 0 Å². The van der Waals surface area contributed by atoms with Gasteiger partial charge in [-0.25, -0.2) is 0 Å². The fraction of sp³-hybridized carbons (Fsp3) is 0.700. The number of hydrogen-bond acceptors (Lipinski definition) is 3. The number of nitrogens with one attached hydrogen (secondary N) is 1. The Morgan fingerprint density at radius 3 is 2.65 bits per heavy atom. The van der Waals surface area contributed by atoms with Gasteiger partial charge in [-0.2, -0.15) is 0 Å². The molecule has 130 valence electrons. The van der Waals surface area contributed by atoms with Gasteiger partial charge in [0.2, 0.25) is 0 Å². The van der Waals surface area contributed by atoms with Crippen molar-refractivity contribution in [2.75, 3.05) is 20.3 Å². The molecule has 1 fully saturated rings. The first-order valence-electron chi connectivity index (χ1n) is 9.20. The molecule has 1 aromatic rings. The lowest BCUT2D eigenvalue weighted by molar-refractivity contribution is 0.269. The van der Waals surface area contributed by atoms with Crippen LogP contribution in [0.4, 0.5) is 0 Å². The van der Waals surface area contributed by atoms with Crippen LogP contribution in [0, 0.1) is 11.8 Å². The maximum atomic E-state index is 6.05. The monoisotopic (exact) mass is 319 g/mol. The summed E-state index contributed by atoms with van der Waals surface area (Å²) in [6, 6.07) is 6.17. The third kappa shape index (κ3) is 6.06. The molecule has 1 saturated carbocycles. The van der Waals surface area contributed by atoms with Crippen molar-refractivity contribution in [1.29, 1.82) is 0 Å². The summed E-state index contributed by atoms with van der Waals surface area (Å²) in [7, 11) is 1.71. The summed E-state index contributed by atoms with van der Waals surface area (Å²) in [6.45, 7) is 7.15. The van der Waals surface area contributed by atoms with Crippen molar-refractivity contribution in [3.8, 4) is 11.5 Å². The number of ether oxygens (including phenoxy) is 2. The van der Waals surface area contributed by atoms with Crippen molar-refractivity contribution in [2.45, 2.75) is 58.9 Å². The summed E-state index contributed by atoms with van der Waals surface area (Å²) in [4.78, 5) is 0. The predicted molar refractivity (Wildman–Crippen MR) is 96.2 cm³/mol. The Balaban J connectivity index is 1.90. The van der Waals surface area contributed by atoms with Crippen molar-refractivity contribution in [1.82, 2.24) is 5.32 Å². The molecular formula is C20H33NO2. The quantitative estimate of drug-likeness (QED) is 0.710. The lowest BCUT2D eigenvalue weighted by Crippen LogP contribution is -2.24. The standard InChI is InChI=1S/C20H33NO2/c1-16(2)12-13-23-20-18(10-7-11-19(20)22-3)15-21-14-17-8-5-4-6-9-17/h7,10-11,16-17,21H,4-6,8-9,12-15H2,1-3H3. The normalized spacial score (nSPS) is 15.8. The largest absolute Gasteiger partial charge is 0.493 e. The fourth-order valence-corrected chi connectivity index (χ4v) is 3.22. The Kier molecular flexibility index (Phi) is 7.73. The molecule has 1 N–H and O–H groups in total. The van der Waals surface area contributed by atoms with E-state index in [4.69, 9.17) is 9.47 Å². The summed E-state index contributed by atoms with van der Waals surface area (Å²) in [5.74, 6) is 3.25. The molecule has 3 heteroatoms. The average Bonchev–Trinajstić information content (AvgIpc) is 2.56. The molecule has 23 heavy (non-hydrogen) atoms. The van der Waals surface area contributed by atoms with Crippen LogP contribution in [0.5, 0.6) is 11.5 Å². The van der Waals surface area contributed by atoms with Crippen molar-refractivity contribution >= 4 is 0 Å². The van der Waals surface area contributed by atoms with Gasteiger partial charge in [0.25, 0.3) is 0 Å². The van der Waals surface area contributed by atoms with E-state index in [0.717, 1.165) is 43.5 Å². The molecule has 0 heterocycles. The van der Waals surface area contributed by atoms with Crippen LogP contribution in [0.15, 0.2) is 18.2 Å². The van der Waals surface area contributed by atoms with Gasteiger partial charge in [0.1, 0.15) is 0 Å². The zero-order valence-electron chi connectivity index (χ0n) is 15.1. The number of rotatable bonds is 9. The molecule has 0 amide bonds. The molecule has 2 rings (SSSR count). The first kappa shape index (κ1) is 18.1. The van der Waals surface area contributed by atoms with Crippen LogP contribution in [0.25, 0.3) is 0 Å². The van der Waals surface area contributed by atoms with Crippen LogP contribution in [0.2, 0.25) is 0 Å². The molecule has 0 atom stereocenters. The van der Waals surface area contributed by atoms with Gasteiger partial charge < -0.3 is 14.8 Å². The minimum absolute atomic E-state index is 0.651. The summed E-state index contributed by atoms with van der Waals surface area (Å²) < 4.78 is 11.5. The molecule has 1 aliphatic carbocycles. The maximum Gasteiger partial charge on any atom is 0.165 e. The third-order valence-electron chi connectivity index (χ3n) is 4.70. The molecule has 1 aliphatic rings. The Morgan fingerprint density at radius 1 is 1.17 bits per heavy atom. The van der Waals surface area contributed by atoms with Gasteiger partial charge in [-0.05, 0) is 43.7 Å². The fourth-order valence-electron chi connectivity index (χ4n) is 3.22. The van der Waals surface area contributed by atoms with Crippen LogP contribution < -0.4 is 14.8 Å². The Morgan fingerprint density at radius 2 is 1.96 bits per heavy atom. The second kappa shape index (κ2) is 9.82. The van der Waals surface area contributed by atoms with Crippen molar-refractivity contribution < 1.29 is 9.47 Å². The van der Waals surface area contributed by atoms with Gasteiger partial charge in [-0.3, -0.25) is 0 Å². The van der Waals surface area contributed by atoms with E-state index in [1.54, 1.807) is 7.11 Å². The Hall–Kier alpha value is -1.22. The number of para-hydroxylation sites is 1. The van der Waals surface area contributed by atoms with Gasteiger partial charge in [0, 0.05) is 12.1 Å². The summed E-state index contributed by atoms with van der Waals surface area (Å²) in [5.41, 5.74) is 1.20. The summed E-state index contributed by atoms with van der Waals surface area (Å²) in [5, 5.41) is 3.63. The molecule has 0 radical (unpaired) electrons. The first-order valence-corrected chi connectivity index (χ1v) is 9.20. The van der Waals surface area contributed by atoms with Gasteiger partial charge in [0.05, 0.1) is 13.7 Å². The molecular weight excluding hydrogens is 286 g/mol. The summed E-state index contributed by atoms with van der Waals surface area (Å²) in [6.07, 6.45) is 8.03. The third-order valence-corrected chi connectivity index (χ3v) is 4.70. The molecule has 1 aromatic carbocycles. The van der Waals surface area contributed by atoms with Crippen LogP contribution >= 0.6 is 0 Å². The molecule has 0 spiro atoms. The van der Waals surface area contributed by atoms with Crippen LogP contribution in [0.1, 0.15) is 57.9 Å². The maximum absolute atomic E-state index is 6.05. The highest BCUT2D eigenvalue weighted by Crippen LogP contribution is 2.31.